The van der Waals surface area contributed by atoms with E-state index in [0.717, 1.165) is 30.3 Å². The quantitative estimate of drug-likeness (QED) is 0.929. The molecule has 5 heteroatoms. The zero-order chi connectivity index (χ0) is 14.1. The van der Waals surface area contributed by atoms with Crippen LogP contribution in [-0.2, 0) is 6.54 Å². The molecule has 20 heavy (non-hydrogen) atoms. The van der Waals surface area contributed by atoms with Crippen LogP contribution in [-0.4, -0.2) is 26.3 Å². The largest absolute Gasteiger partial charge is 0.312 e. The molecule has 1 N–H and O–H groups in total. The average Bonchev–Trinajstić information content (AvgIpc) is 2.91. The SMILES string of the molecule is CC(C)C(C)c1nnc2n1CCNC2c1cccnc1. The van der Waals surface area contributed by atoms with E-state index in [4.69, 9.17) is 0 Å². The second kappa shape index (κ2) is 5.32. The normalized spacial score (nSPS) is 19.9. The predicted octanol–water partition coefficient (Wildman–Crippen LogP) is 2.13. The summed E-state index contributed by atoms with van der Waals surface area (Å²) in [7, 11) is 0. The lowest BCUT2D eigenvalue weighted by Gasteiger charge is -2.26. The minimum atomic E-state index is 0.0954. The third-order valence-corrected chi connectivity index (χ3v) is 4.18. The van der Waals surface area contributed by atoms with Crippen molar-refractivity contribution in [2.24, 2.45) is 5.92 Å². The molecular weight excluding hydrogens is 250 g/mol. The van der Waals surface area contributed by atoms with Crippen LogP contribution in [0.4, 0.5) is 0 Å². The molecule has 2 aromatic heterocycles. The van der Waals surface area contributed by atoms with E-state index in [-0.39, 0.29) is 6.04 Å². The molecule has 0 saturated carbocycles. The Kier molecular flexibility index (Phi) is 3.53. The molecule has 1 aliphatic rings. The molecule has 0 amide bonds. The number of pyridine rings is 1. The molecule has 0 saturated heterocycles. The fraction of sp³-hybridized carbons (Fsp3) is 0.533. The minimum Gasteiger partial charge on any atom is -0.312 e. The van der Waals surface area contributed by atoms with Crippen LogP contribution in [0.3, 0.4) is 0 Å². The summed E-state index contributed by atoms with van der Waals surface area (Å²) < 4.78 is 2.28. The Morgan fingerprint density at radius 3 is 2.85 bits per heavy atom. The standard InChI is InChI=1S/C15H21N5/c1-10(2)11(3)14-18-19-15-13(17-7-8-20(14)15)12-5-4-6-16-9-12/h4-6,9-11,13,17H,7-8H2,1-3H3. The van der Waals surface area contributed by atoms with Crippen molar-refractivity contribution in [2.75, 3.05) is 6.54 Å². The number of rotatable bonds is 3. The first-order valence-corrected chi connectivity index (χ1v) is 7.24. The number of hydrogen-bond donors (Lipinski definition) is 1. The van der Waals surface area contributed by atoms with Gasteiger partial charge in [-0.3, -0.25) is 4.98 Å². The van der Waals surface area contributed by atoms with Crippen LogP contribution in [0.5, 0.6) is 0 Å². The van der Waals surface area contributed by atoms with Gasteiger partial charge in [0.25, 0.3) is 0 Å². The first kappa shape index (κ1) is 13.2. The predicted molar refractivity (Wildman–Crippen MR) is 77.4 cm³/mol. The first-order chi connectivity index (χ1) is 9.68. The number of aromatic nitrogens is 4. The highest BCUT2D eigenvalue weighted by molar-refractivity contribution is 5.24. The van der Waals surface area contributed by atoms with E-state index in [1.807, 2.05) is 12.3 Å². The van der Waals surface area contributed by atoms with Gasteiger partial charge in [0, 0.05) is 31.4 Å². The Hall–Kier alpha value is -1.75. The number of nitrogens with one attached hydrogen (secondary N) is 1. The van der Waals surface area contributed by atoms with Gasteiger partial charge in [-0.2, -0.15) is 0 Å². The van der Waals surface area contributed by atoms with Gasteiger partial charge in [0.1, 0.15) is 5.82 Å². The van der Waals surface area contributed by atoms with Crippen molar-refractivity contribution in [1.82, 2.24) is 25.1 Å². The van der Waals surface area contributed by atoms with Gasteiger partial charge in [-0.15, -0.1) is 10.2 Å². The first-order valence-electron chi connectivity index (χ1n) is 7.24. The lowest BCUT2D eigenvalue weighted by molar-refractivity contribution is 0.421. The molecule has 2 unspecified atom stereocenters. The van der Waals surface area contributed by atoms with Gasteiger partial charge < -0.3 is 9.88 Å². The molecule has 0 fully saturated rings. The lowest BCUT2D eigenvalue weighted by atomic mass is 9.97. The van der Waals surface area contributed by atoms with Gasteiger partial charge in [-0.1, -0.05) is 26.8 Å². The monoisotopic (exact) mass is 271 g/mol. The van der Waals surface area contributed by atoms with Gasteiger partial charge in [0.15, 0.2) is 5.82 Å². The van der Waals surface area contributed by atoms with Crippen molar-refractivity contribution in [3.05, 3.63) is 41.7 Å². The molecule has 0 aliphatic carbocycles. The van der Waals surface area contributed by atoms with Crippen LogP contribution in [0.15, 0.2) is 24.5 Å². The zero-order valence-corrected chi connectivity index (χ0v) is 12.2. The third kappa shape index (κ3) is 2.22. The van der Waals surface area contributed by atoms with Gasteiger partial charge in [-0.05, 0) is 17.5 Å². The van der Waals surface area contributed by atoms with E-state index in [9.17, 15) is 0 Å². The summed E-state index contributed by atoms with van der Waals surface area (Å²) in [5, 5.41) is 12.4. The molecule has 3 rings (SSSR count). The Bertz CT molecular complexity index is 575. The zero-order valence-electron chi connectivity index (χ0n) is 12.2. The molecule has 1 aliphatic heterocycles. The number of nitrogens with zero attached hydrogens (tertiary/aromatic N) is 4. The Labute approximate surface area is 119 Å². The maximum absolute atomic E-state index is 4.45. The molecule has 5 nitrogen and oxygen atoms in total. The summed E-state index contributed by atoms with van der Waals surface area (Å²) in [6, 6.07) is 4.14. The Morgan fingerprint density at radius 1 is 1.30 bits per heavy atom. The summed E-state index contributed by atoms with van der Waals surface area (Å²) >= 11 is 0. The van der Waals surface area contributed by atoms with Crippen LogP contribution >= 0.6 is 0 Å². The maximum Gasteiger partial charge on any atom is 0.154 e. The Balaban J connectivity index is 1.99. The van der Waals surface area contributed by atoms with Gasteiger partial charge >= 0.3 is 0 Å². The molecule has 3 heterocycles. The summed E-state index contributed by atoms with van der Waals surface area (Å²) in [5.74, 6) is 3.09. The molecule has 0 spiro atoms. The maximum atomic E-state index is 4.45. The van der Waals surface area contributed by atoms with Crippen molar-refractivity contribution in [3.8, 4) is 0 Å². The number of hydrogen-bond acceptors (Lipinski definition) is 4. The topological polar surface area (TPSA) is 55.6 Å². The van der Waals surface area contributed by atoms with E-state index in [2.05, 4.69) is 51.9 Å². The fourth-order valence-corrected chi connectivity index (χ4v) is 2.63. The summed E-state index contributed by atoms with van der Waals surface area (Å²) in [4.78, 5) is 4.21. The van der Waals surface area contributed by atoms with Crippen molar-refractivity contribution < 1.29 is 0 Å². The van der Waals surface area contributed by atoms with E-state index in [0.29, 0.717) is 11.8 Å². The minimum absolute atomic E-state index is 0.0954. The van der Waals surface area contributed by atoms with E-state index < -0.39 is 0 Å². The summed E-state index contributed by atoms with van der Waals surface area (Å²) in [6.07, 6.45) is 3.69. The molecule has 0 aromatic carbocycles. The summed E-state index contributed by atoms with van der Waals surface area (Å²) in [6.45, 7) is 8.55. The highest BCUT2D eigenvalue weighted by atomic mass is 15.3. The highest BCUT2D eigenvalue weighted by Crippen LogP contribution is 2.28. The smallest absolute Gasteiger partial charge is 0.154 e. The second-order valence-electron chi connectivity index (χ2n) is 5.77. The van der Waals surface area contributed by atoms with Crippen LogP contribution in [0, 0.1) is 5.92 Å². The van der Waals surface area contributed by atoms with E-state index in [1.54, 1.807) is 6.20 Å². The second-order valence-corrected chi connectivity index (χ2v) is 5.77. The van der Waals surface area contributed by atoms with Crippen LogP contribution in [0.1, 0.15) is 49.9 Å². The van der Waals surface area contributed by atoms with Crippen molar-refractivity contribution in [2.45, 2.75) is 39.3 Å². The third-order valence-electron chi connectivity index (χ3n) is 4.18. The van der Waals surface area contributed by atoms with Crippen molar-refractivity contribution >= 4 is 0 Å². The Morgan fingerprint density at radius 2 is 2.15 bits per heavy atom. The fourth-order valence-electron chi connectivity index (χ4n) is 2.63. The number of fused-ring (bicyclic) bond motifs is 1. The van der Waals surface area contributed by atoms with Gasteiger partial charge in [-0.25, -0.2) is 0 Å². The molecule has 0 radical (unpaired) electrons. The lowest BCUT2D eigenvalue weighted by Crippen LogP contribution is -2.35. The van der Waals surface area contributed by atoms with Crippen molar-refractivity contribution in [3.63, 3.8) is 0 Å². The molecule has 106 valence electrons. The van der Waals surface area contributed by atoms with Crippen molar-refractivity contribution in [1.29, 1.82) is 0 Å². The summed E-state index contributed by atoms with van der Waals surface area (Å²) in [5.41, 5.74) is 1.14. The molecule has 2 atom stereocenters. The van der Waals surface area contributed by atoms with E-state index in [1.165, 1.54) is 0 Å². The van der Waals surface area contributed by atoms with E-state index >= 15 is 0 Å². The van der Waals surface area contributed by atoms with Gasteiger partial charge in [0.2, 0.25) is 0 Å². The average molecular weight is 271 g/mol. The van der Waals surface area contributed by atoms with Crippen LogP contribution < -0.4 is 5.32 Å². The van der Waals surface area contributed by atoms with Crippen LogP contribution in [0.25, 0.3) is 0 Å². The van der Waals surface area contributed by atoms with Crippen LogP contribution in [0.2, 0.25) is 0 Å². The van der Waals surface area contributed by atoms with Gasteiger partial charge in [0.05, 0.1) is 6.04 Å². The highest BCUT2D eigenvalue weighted by Gasteiger charge is 2.28. The molecule has 0 bridgehead atoms. The molecular formula is C15H21N5. The molecule has 2 aromatic rings.